The maximum Gasteiger partial charge on any atom is 0.336 e. The molecule has 8 heteroatoms. The van der Waals surface area contributed by atoms with E-state index in [-0.39, 0.29) is 6.79 Å². The second kappa shape index (κ2) is 7.63. The van der Waals surface area contributed by atoms with Gasteiger partial charge in [0.2, 0.25) is 6.79 Å². The average Bonchev–Trinajstić information content (AvgIpc) is 3.43. The number of benzene rings is 2. The van der Waals surface area contributed by atoms with Crippen molar-refractivity contribution in [1.82, 2.24) is 4.98 Å². The normalized spacial score (nSPS) is 12.7. The van der Waals surface area contributed by atoms with Crippen LogP contribution in [0.5, 0.6) is 11.5 Å². The van der Waals surface area contributed by atoms with Gasteiger partial charge < -0.3 is 19.2 Å². The quantitative estimate of drug-likeness (QED) is 0.363. The summed E-state index contributed by atoms with van der Waals surface area (Å²) in [5.74, 6) is 1.39. The molecule has 0 unspecified atom stereocenters. The molecule has 4 aromatic rings. The zero-order valence-corrected chi connectivity index (χ0v) is 17.2. The number of thiazole rings is 1. The molecule has 152 valence electrons. The summed E-state index contributed by atoms with van der Waals surface area (Å²) in [4.78, 5) is 16.2. The van der Waals surface area contributed by atoms with Crippen LogP contribution in [0.4, 0.5) is 5.69 Å². The van der Waals surface area contributed by atoms with Crippen molar-refractivity contribution in [2.75, 3.05) is 12.1 Å². The van der Waals surface area contributed by atoms with E-state index in [0.29, 0.717) is 33.4 Å². The fourth-order valence-electron chi connectivity index (χ4n) is 3.30. The van der Waals surface area contributed by atoms with E-state index in [1.54, 1.807) is 12.3 Å². The number of hydrogen-bond donors (Lipinski definition) is 1. The van der Waals surface area contributed by atoms with E-state index in [2.05, 4.69) is 16.4 Å². The Morgan fingerprint density at radius 2 is 2.06 bits per heavy atom. The molecule has 0 saturated heterocycles. The van der Waals surface area contributed by atoms with E-state index in [9.17, 15) is 10.1 Å². The number of hydrogen-bond acceptors (Lipinski definition) is 8. The molecule has 0 saturated carbocycles. The number of allylic oxidation sites excluding steroid dienone is 1. The molecule has 0 bridgehead atoms. The van der Waals surface area contributed by atoms with Crippen LogP contribution in [0.15, 0.2) is 63.3 Å². The molecule has 5 rings (SSSR count). The number of nitrogens with zero attached hydrogens (tertiary/aromatic N) is 2. The first-order valence-electron chi connectivity index (χ1n) is 9.38. The number of ether oxygens (including phenoxy) is 2. The van der Waals surface area contributed by atoms with Crippen molar-refractivity contribution in [3.8, 4) is 28.8 Å². The van der Waals surface area contributed by atoms with Crippen molar-refractivity contribution < 1.29 is 13.9 Å². The van der Waals surface area contributed by atoms with Gasteiger partial charge in [-0.25, -0.2) is 9.78 Å². The lowest BCUT2D eigenvalue weighted by molar-refractivity contribution is 0.174. The number of rotatable bonds is 4. The minimum atomic E-state index is -0.394. The van der Waals surface area contributed by atoms with E-state index in [0.717, 1.165) is 22.2 Å². The van der Waals surface area contributed by atoms with E-state index >= 15 is 0 Å². The van der Waals surface area contributed by atoms with Crippen molar-refractivity contribution >= 4 is 33.6 Å². The summed E-state index contributed by atoms with van der Waals surface area (Å²) in [7, 11) is 0. The Kier molecular flexibility index (Phi) is 4.65. The van der Waals surface area contributed by atoms with Gasteiger partial charge in [0.25, 0.3) is 0 Å². The van der Waals surface area contributed by atoms with Crippen LogP contribution in [0.2, 0.25) is 0 Å². The Morgan fingerprint density at radius 3 is 2.94 bits per heavy atom. The van der Waals surface area contributed by atoms with Crippen LogP contribution in [-0.4, -0.2) is 11.8 Å². The number of aromatic nitrogens is 1. The van der Waals surface area contributed by atoms with Crippen molar-refractivity contribution in [2.45, 2.75) is 6.92 Å². The van der Waals surface area contributed by atoms with Gasteiger partial charge in [-0.1, -0.05) is 0 Å². The van der Waals surface area contributed by atoms with Gasteiger partial charge in [-0.15, -0.1) is 11.3 Å². The van der Waals surface area contributed by atoms with E-state index in [4.69, 9.17) is 13.9 Å². The van der Waals surface area contributed by atoms with Gasteiger partial charge in [0.1, 0.15) is 22.2 Å². The predicted molar refractivity (Wildman–Crippen MR) is 118 cm³/mol. The van der Waals surface area contributed by atoms with Gasteiger partial charge in [0.15, 0.2) is 11.5 Å². The van der Waals surface area contributed by atoms with Crippen molar-refractivity contribution in [3.05, 3.63) is 75.0 Å². The zero-order chi connectivity index (χ0) is 21.4. The van der Waals surface area contributed by atoms with Crippen LogP contribution >= 0.6 is 11.3 Å². The Bertz CT molecular complexity index is 1450. The molecule has 0 aliphatic carbocycles. The standard InChI is InChI=1S/C23H15N3O4S/c1-13-6-22(27)30-20-8-16(3-4-17(13)20)25-10-15(9-24)23-26-18(11-31-23)14-2-5-19-21(7-14)29-12-28-19/h2-8,10-11,25H,12H2,1H3/b15-10-. The number of anilines is 1. The molecule has 2 aromatic carbocycles. The molecular weight excluding hydrogens is 414 g/mol. The Labute approximate surface area is 180 Å². The summed E-state index contributed by atoms with van der Waals surface area (Å²) in [5.41, 5.74) is 3.67. The minimum absolute atomic E-state index is 0.214. The fourth-order valence-corrected chi connectivity index (χ4v) is 4.09. The van der Waals surface area contributed by atoms with E-state index < -0.39 is 5.63 Å². The lowest BCUT2D eigenvalue weighted by atomic mass is 10.1. The minimum Gasteiger partial charge on any atom is -0.454 e. The van der Waals surface area contributed by atoms with Crippen molar-refractivity contribution in [2.24, 2.45) is 0 Å². The molecule has 7 nitrogen and oxygen atoms in total. The summed E-state index contributed by atoms with van der Waals surface area (Å²) >= 11 is 1.38. The Hall–Kier alpha value is -4.09. The van der Waals surface area contributed by atoms with Gasteiger partial charge in [-0.05, 0) is 42.8 Å². The molecule has 1 aliphatic heterocycles. The van der Waals surface area contributed by atoms with Gasteiger partial charge in [-0.3, -0.25) is 0 Å². The summed E-state index contributed by atoms with van der Waals surface area (Å²) in [6.07, 6.45) is 1.59. The first-order valence-corrected chi connectivity index (χ1v) is 10.3. The number of aryl methyl sites for hydroxylation is 1. The first kappa shape index (κ1) is 18.9. The lowest BCUT2D eigenvalue weighted by Gasteiger charge is -2.05. The van der Waals surface area contributed by atoms with Crippen LogP contribution in [0, 0.1) is 18.3 Å². The fraction of sp³-hybridized carbons (Fsp3) is 0.0870. The third-order valence-electron chi connectivity index (χ3n) is 4.86. The molecule has 2 aromatic heterocycles. The Morgan fingerprint density at radius 1 is 1.19 bits per heavy atom. The Balaban J connectivity index is 1.41. The van der Waals surface area contributed by atoms with Crippen molar-refractivity contribution in [1.29, 1.82) is 5.26 Å². The van der Waals surface area contributed by atoms with Gasteiger partial charge in [0, 0.05) is 40.3 Å². The van der Waals surface area contributed by atoms with E-state index in [1.807, 2.05) is 42.6 Å². The molecule has 0 atom stereocenters. The second-order valence-corrected chi connectivity index (χ2v) is 7.74. The highest BCUT2D eigenvalue weighted by Gasteiger charge is 2.16. The SMILES string of the molecule is Cc1cc(=O)oc2cc(N/C=C(/C#N)c3nc(-c4ccc5c(c4)OCO5)cs3)ccc12. The third-order valence-corrected chi connectivity index (χ3v) is 5.73. The van der Waals surface area contributed by atoms with Crippen LogP contribution < -0.4 is 20.4 Å². The van der Waals surface area contributed by atoms with Gasteiger partial charge >= 0.3 is 5.63 Å². The molecule has 0 amide bonds. The van der Waals surface area contributed by atoms with Crippen LogP contribution in [0.1, 0.15) is 10.6 Å². The van der Waals surface area contributed by atoms with Crippen LogP contribution in [0.25, 0.3) is 27.8 Å². The van der Waals surface area contributed by atoms with Crippen LogP contribution in [0.3, 0.4) is 0 Å². The molecule has 0 spiro atoms. The highest BCUT2D eigenvalue weighted by atomic mass is 32.1. The zero-order valence-electron chi connectivity index (χ0n) is 16.3. The smallest absolute Gasteiger partial charge is 0.336 e. The summed E-state index contributed by atoms with van der Waals surface area (Å²) < 4.78 is 16.0. The van der Waals surface area contributed by atoms with Crippen LogP contribution in [-0.2, 0) is 0 Å². The molecular formula is C23H15N3O4S. The molecule has 0 fully saturated rings. The highest BCUT2D eigenvalue weighted by Crippen LogP contribution is 2.36. The summed E-state index contributed by atoms with van der Waals surface area (Å²) in [6, 6.07) is 14.7. The predicted octanol–water partition coefficient (Wildman–Crippen LogP) is 4.93. The maximum atomic E-state index is 11.6. The maximum absolute atomic E-state index is 11.6. The topological polar surface area (TPSA) is 97.4 Å². The number of nitriles is 1. The molecule has 31 heavy (non-hydrogen) atoms. The van der Waals surface area contributed by atoms with Gasteiger partial charge in [0.05, 0.1) is 5.69 Å². The first-order chi connectivity index (χ1) is 15.1. The average molecular weight is 429 g/mol. The van der Waals surface area contributed by atoms with E-state index in [1.165, 1.54) is 17.4 Å². The number of nitrogens with one attached hydrogen (secondary N) is 1. The van der Waals surface area contributed by atoms with Gasteiger partial charge in [-0.2, -0.15) is 5.26 Å². The monoisotopic (exact) mass is 429 g/mol. The molecule has 1 N–H and O–H groups in total. The number of fused-ring (bicyclic) bond motifs is 2. The summed E-state index contributed by atoms with van der Waals surface area (Å²) in [6.45, 7) is 2.08. The molecule has 3 heterocycles. The second-order valence-electron chi connectivity index (χ2n) is 6.88. The largest absolute Gasteiger partial charge is 0.454 e. The molecule has 1 aliphatic rings. The summed E-state index contributed by atoms with van der Waals surface area (Å²) in [5, 5.41) is 16.1. The van der Waals surface area contributed by atoms with Crippen molar-refractivity contribution in [3.63, 3.8) is 0 Å². The third kappa shape index (κ3) is 3.63. The molecule has 0 radical (unpaired) electrons. The lowest BCUT2D eigenvalue weighted by Crippen LogP contribution is -1.98. The highest BCUT2D eigenvalue weighted by molar-refractivity contribution is 7.11.